The molecule has 0 saturated heterocycles. The Hall–Kier alpha value is -0.830. The van der Waals surface area contributed by atoms with Crippen LogP contribution in [-0.4, -0.2) is 22.3 Å². The zero-order valence-corrected chi connectivity index (χ0v) is 14.4. The molecule has 4 aliphatic carbocycles. The zero-order chi connectivity index (χ0) is 16.4. The van der Waals surface area contributed by atoms with Gasteiger partial charge in [0.05, 0.1) is 6.10 Å². The second-order valence-corrected chi connectivity index (χ2v) is 9.20. The molecule has 0 aromatic heterocycles. The van der Waals surface area contributed by atoms with Gasteiger partial charge in [0.2, 0.25) is 0 Å². The fourth-order valence-corrected chi connectivity index (χ4v) is 7.13. The summed E-state index contributed by atoms with van der Waals surface area (Å²) in [5.74, 6) is 1.91. The molecule has 3 fully saturated rings. The highest BCUT2D eigenvalue weighted by Gasteiger charge is 2.59. The summed E-state index contributed by atoms with van der Waals surface area (Å²) in [6.07, 6.45) is 10.7. The molecule has 4 aliphatic rings. The molecule has 0 bridgehead atoms. The van der Waals surface area contributed by atoms with Gasteiger partial charge in [-0.15, -0.1) is 0 Å². The monoisotopic (exact) mass is 318 g/mol. The van der Waals surface area contributed by atoms with Crippen LogP contribution in [0.5, 0.6) is 0 Å². The van der Waals surface area contributed by atoms with Crippen LogP contribution in [0.15, 0.2) is 11.6 Å². The maximum atomic E-state index is 11.7. The van der Waals surface area contributed by atoms with Crippen LogP contribution in [0.2, 0.25) is 0 Å². The molecule has 0 heterocycles. The summed E-state index contributed by atoms with van der Waals surface area (Å²) in [6.45, 7) is 4.68. The van der Waals surface area contributed by atoms with Gasteiger partial charge in [0, 0.05) is 11.0 Å². The first-order valence-corrected chi connectivity index (χ1v) is 9.48. The first-order chi connectivity index (χ1) is 10.9. The summed E-state index contributed by atoms with van der Waals surface area (Å²) in [7, 11) is 0. The Balaban J connectivity index is 1.62. The third-order valence-electron chi connectivity index (χ3n) is 8.45. The maximum Gasteiger partial charge on any atom is 0.331 e. The van der Waals surface area contributed by atoms with Gasteiger partial charge in [0.15, 0.2) is 0 Å². The van der Waals surface area contributed by atoms with Gasteiger partial charge in [-0.05, 0) is 80.5 Å². The average Bonchev–Trinajstić information content (AvgIpc) is 2.85. The first kappa shape index (κ1) is 15.7. The highest BCUT2D eigenvalue weighted by atomic mass is 16.4. The van der Waals surface area contributed by atoms with Crippen LogP contribution in [0, 0.1) is 34.5 Å². The lowest BCUT2D eigenvalue weighted by Crippen LogP contribution is -2.53. The highest BCUT2D eigenvalue weighted by Crippen LogP contribution is 2.66. The van der Waals surface area contributed by atoms with Gasteiger partial charge < -0.3 is 10.2 Å². The smallest absolute Gasteiger partial charge is 0.331 e. The predicted molar refractivity (Wildman–Crippen MR) is 88.8 cm³/mol. The second-order valence-electron chi connectivity index (χ2n) is 9.20. The third kappa shape index (κ3) is 2.08. The number of carbonyl (C=O) groups is 1. The van der Waals surface area contributed by atoms with Gasteiger partial charge >= 0.3 is 5.97 Å². The molecule has 23 heavy (non-hydrogen) atoms. The molecule has 3 heteroatoms. The van der Waals surface area contributed by atoms with E-state index in [9.17, 15) is 15.0 Å². The van der Waals surface area contributed by atoms with E-state index in [0.29, 0.717) is 28.7 Å². The molecular formula is C20H30O3. The number of aliphatic carboxylic acids is 1. The lowest BCUT2D eigenvalue weighted by atomic mass is 9.44. The van der Waals surface area contributed by atoms with Crippen molar-refractivity contribution >= 4 is 5.97 Å². The summed E-state index contributed by atoms with van der Waals surface area (Å²) < 4.78 is 0. The van der Waals surface area contributed by atoms with Gasteiger partial charge in [-0.25, -0.2) is 4.79 Å². The number of aliphatic hydroxyl groups excluding tert-OH is 1. The normalized spacial score (nSPS) is 52.1. The maximum absolute atomic E-state index is 11.7. The first-order valence-electron chi connectivity index (χ1n) is 9.48. The number of carboxylic acids is 1. The fraction of sp³-hybridized carbons (Fsp3) is 0.850. The molecular weight excluding hydrogens is 288 g/mol. The van der Waals surface area contributed by atoms with Crippen LogP contribution in [0.25, 0.3) is 0 Å². The number of hydrogen-bond acceptors (Lipinski definition) is 2. The number of allylic oxidation sites excluding steroid dienone is 1. The van der Waals surface area contributed by atoms with E-state index in [1.165, 1.54) is 19.3 Å². The van der Waals surface area contributed by atoms with Crippen LogP contribution in [0.4, 0.5) is 0 Å². The van der Waals surface area contributed by atoms with Crippen molar-refractivity contribution in [2.45, 2.75) is 71.3 Å². The zero-order valence-electron chi connectivity index (χ0n) is 14.4. The number of rotatable bonds is 1. The molecule has 4 rings (SSSR count). The molecule has 3 nitrogen and oxygen atoms in total. The lowest BCUT2D eigenvalue weighted by Gasteiger charge is -2.60. The van der Waals surface area contributed by atoms with Crippen molar-refractivity contribution < 1.29 is 15.0 Å². The van der Waals surface area contributed by atoms with Crippen molar-refractivity contribution in [1.82, 2.24) is 0 Å². The summed E-state index contributed by atoms with van der Waals surface area (Å²) in [4.78, 5) is 11.7. The van der Waals surface area contributed by atoms with Crippen molar-refractivity contribution in [2.75, 3.05) is 0 Å². The van der Waals surface area contributed by atoms with Crippen molar-refractivity contribution in [3.63, 3.8) is 0 Å². The van der Waals surface area contributed by atoms with Crippen molar-refractivity contribution in [3.8, 4) is 0 Å². The van der Waals surface area contributed by atoms with Gasteiger partial charge in [0.1, 0.15) is 0 Å². The van der Waals surface area contributed by atoms with Gasteiger partial charge in [-0.3, -0.25) is 0 Å². The van der Waals surface area contributed by atoms with Crippen LogP contribution < -0.4 is 0 Å². The molecule has 3 saturated carbocycles. The lowest BCUT2D eigenvalue weighted by molar-refractivity contribution is -0.138. The van der Waals surface area contributed by atoms with E-state index >= 15 is 0 Å². The molecule has 0 radical (unpaired) electrons. The van der Waals surface area contributed by atoms with Crippen molar-refractivity contribution in [1.29, 1.82) is 0 Å². The summed E-state index contributed by atoms with van der Waals surface area (Å²) >= 11 is 0. The van der Waals surface area contributed by atoms with Gasteiger partial charge in [0.25, 0.3) is 0 Å². The molecule has 0 spiro atoms. The van der Waals surface area contributed by atoms with Crippen LogP contribution in [0.3, 0.4) is 0 Å². The molecule has 0 aromatic rings. The fourth-order valence-electron chi connectivity index (χ4n) is 7.13. The van der Waals surface area contributed by atoms with Crippen LogP contribution >= 0.6 is 0 Å². The van der Waals surface area contributed by atoms with Gasteiger partial charge in [-0.2, -0.15) is 0 Å². The van der Waals surface area contributed by atoms with E-state index in [4.69, 9.17) is 0 Å². The molecule has 0 aromatic carbocycles. The second kappa shape index (κ2) is 5.08. The van der Waals surface area contributed by atoms with E-state index in [1.807, 2.05) is 6.08 Å². The topological polar surface area (TPSA) is 57.5 Å². The van der Waals surface area contributed by atoms with Crippen molar-refractivity contribution in [3.05, 3.63) is 11.6 Å². The van der Waals surface area contributed by atoms with E-state index in [0.717, 1.165) is 38.0 Å². The Morgan fingerprint density at radius 3 is 2.65 bits per heavy atom. The summed E-state index contributed by atoms with van der Waals surface area (Å²) in [5, 5.41) is 19.7. The van der Waals surface area contributed by atoms with E-state index in [2.05, 4.69) is 13.8 Å². The molecule has 0 unspecified atom stereocenters. The largest absolute Gasteiger partial charge is 0.478 e. The van der Waals surface area contributed by atoms with E-state index in [-0.39, 0.29) is 11.5 Å². The Kier molecular flexibility index (Phi) is 3.46. The molecule has 2 N–H and O–H groups in total. The Bertz CT molecular complexity index is 553. The van der Waals surface area contributed by atoms with E-state index in [1.54, 1.807) is 0 Å². The molecule has 0 amide bonds. The molecule has 7 atom stereocenters. The van der Waals surface area contributed by atoms with Crippen LogP contribution in [-0.2, 0) is 4.79 Å². The number of carboxylic acid groups (broad SMARTS) is 1. The Morgan fingerprint density at radius 2 is 1.91 bits per heavy atom. The SMILES string of the molecule is C[C@]12CC[C@H](O)C[C@@H]1CC[C@@H]1[C@@H]2CC[C@]2(C)C(C(=O)O)=CC[C@@H]12. The Morgan fingerprint density at radius 1 is 1.13 bits per heavy atom. The van der Waals surface area contributed by atoms with E-state index < -0.39 is 5.97 Å². The number of aliphatic hydroxyl groups is 1. The average molecular weight is 318 g/mol. The van der Waals surface area contributed by atoms with Crippen LogP contribution in [0.1, 0.15) is 65.2 Å². The minimum atomic E-state index is -0.700. The molecule has 0 aliphatic heterocycles. The highest BCUT2D eigenvalue weighted by molar-refractivity contribution is 5.89. The summed E-state index contributed by atoms with van der Waals surface area (Å²) in [6, 6.07) is 0. The Labute approximate surface area is 139 Å². The predicted octanol–water partition coefficient (Wildman–Crippen LogP) is 4.01. The standard InChI is InChI=1S/C20H30O3/c1-19-9-7-13(21)11-12(19)3-4-14-15-5-6-17(18(22)23)20(15,2)10-8-16(14)19/h6,12-16,21H,3-5,7-11H2,1-2H3,(H,22,23)/t12-,13-,14-,15-,16-,19-,20-/m0/s1. The summed E-state index contributed by atoms with van der Waals surface area (Å²) in [5.41, 5.74) is 0.951. The minimum absolute atomic E-state index is 0.0924. The number of hydrogen-bond donors (Lipinski definition) is 2. The quantitative estimate of drug-likeness (QED) is 0.768. The number of fused-ring (bicyclic) bond motifs is 5. The minimum Gasteiger partial charge on any atom is -0.478 e. The third-order valence-corrected chi connectivity index (χ3v) is 8.45. The van der Waals surface area contributed by atoms with Gasteiger partial charge in [-0.1, -0.05) is 19.9 Å². The molecule has 128 valence electrons. The van der Waals surface area contributed by atoms with Crippen molar-refractivity contribution in [2.24, 2.45) is 34.5 Å².